The second kappa shape index (κ2) is 8.96. The van der Waals surface area contributed by atoms with Gasteiger partial charge < -0.3 is 9.47 Å². The van der Waals surface area contributed by atoms with Gasteiger partial charge in [-0.2, -0.15) is 0 Å². The minimum atomic E-state index is -3.42. The van der Waals surface area contributed by atoms with Crippen molar-refractivity contribution in [2.75, 3.05) is 25.7 Å². The van der Waals surface area contributed by atoms with E-state index in [1.165, 1.54) is 7.11 Å². The molecule has 0 bridgehead atoms. The number of pyridine rings is 1. The molecule has 0 amide bonds. The van der Waals surface area contributed by atoms with Gasteiger partial charge in [0, 0.05) is 18.6 Å². The number of ether oxygens (including phenoxy) is 2. The van der Waals surface area contributed by atoms with Gasteiger partial charge in [0.15, 0.2) is 11.5 Å². The highest BCUT2D eigenvalue weighted by molar-refractivity contribution is 7.90. The molecule has 0 fully saturated rings. The first kappa shape index (κ1) is 21.5. The van der Waals surface area contributed by atoms with Crippen LogP contribution in [0.25, 0.3) is 0 Å². The molecule has 28 heavy (non-hydrogen) atoms. The molecule has 10 heteroatoms. The average Bonchev–Trinajstić information content (AvgIpc) is 2.61. The topological polar surface area (TPSA) is 109 Å². The van der Waals surface area contributed by atoms with Crippen LogP contribution >= 0.6 is 0 Å². The Morgan fingerprint density at radius 1 is 1.29 bits per heavy atom. The van der Waals surface area contributed by atoms with Gasteiger partial charge in [0.25, 0.3) is 5.69 Å². The van der Waals surface area contributed by atoms with E-state index < -0.39 is 32.2 Å². The van der Waals surface area contributed by atoms with Crippen molar-refractivity contribution >= 4 is 15.5 Å². The van der Waals surface area contributed by atoms with Crippen LogP contribution in [0.2, 0.25) is 0 Å². The summed E-state index contributed by atoms with van der Waals surface area (Å²) in [6.45, 7) is 2.17. The van der Waals surface area contributed by atoms with E-state index in [4.69, 9.17) is 9.47 Å². The van der Waals surface area contributed by atoms with Crippen LogP contribution in [-0.4, -0.2) is 44.1 Å². The van der Waals surface area contributed by atoms with Crippen molar-refractivity contribution in [2.45, 2.75) is 19.3 Å². The zero-order valence-electron chi connectivity index (χ0n) is 15.7. The fraction of sp³-hybridized carbons (Fsp3) is 0.389. The van der Waals surface area contributed by atoms with Gasteiger partial charge in [0.1, 0.15) is 21.3 Å². The van der Waals surface area contributed by atoms with Crippen LogP contribution in [0.1, 0.15) is 24.1 Å². The van der Waals surface area contributed by atoms with Crippen molar-refractivity contribution in [1.29, 1.82) is 0 Å². The Bertz CT molecular complexity index is 965. The van der Waals surface area contributed by atoms with Crippen LogP contribution in [0.15, 0.2) is 30.5 Å². The number of sulfone groups is 1. The SMILES string of the molecule is CCOc1cc([C@H](Cc2ncc(F)cc2[N+](=O)[O-])CS(C)(=O)=O)ccc1OC. The van der Waals surface area contributed by atoms with Gasteiger partial charge in [-0.1, -0.05) is 6.07 Å². The van der Waals surface area contributed by atoms with Gasteiger partial charge in [0.2, 0.25) is 0 Å². The largest absolute Gasteiger partial charge is 0.493 e. The number of nitrogens with zero attached hydrogens (tertiary/aromatic N) is 2. The number of benzene rings is 1. The van der Waals surface area contributed by atoms with E-state index in [-0.39, 0.29) is 17.9 Å². The summed E-state index contributed by atoms with van der Waals surface area (Å²) in [5.74, 6) is -0.826. The molecule has 0 unspecified atom stereocenters. The molecule has 0 N–H and O–H groups in total. The van der Waals surface area contributed by atoms with E-state index in [2.05, 4.69) is 4.98 Å². The Labute approximate surface area is 162 Å². The van der Waals surface area contributed by atoms with Gasteiger partial charge in [-0.3, -0.25) is 15.1 Å². The molecule has 8 nitrogen and oxygen atoms in total. The number of hydrogen-bond acceptors (Lipinski definition) is 7. The first-order valence-electron chi connectivity index (χ1n) is 8.41. The summed E-state index contributed by atoms with van der Waals surface area (Å²) in [5, 5.41) is 11.2. The molecule has 0 radical (unpaired) electrons. The number of hydrogen-bond donors (Lipinski definition) is 0. The molecule has 1 aromatic carbocycles. The third-order valence-electron chi connectivity index (χ3n) is 4.01. The fourth-order valence-corrected chi connectivity index (χ4v) is 3.90. The lowest BCUT2D eigenvalue weighted by Crippen LogP contribution is -2.17. The molecule has 2 aromatic rings. The highest BCUT2D eigenvalue weighted by Gasteiger charge is 2.25. The lowest BCUT2D eigenvalue weighted by molar-refractivity contribution is -0.386. The molecule has 1 aromatic heterocycles. The summed E-state index contributed by atoms with van der Waals surface area (Å²) in [6.07, 6.45) is 1.90. The van der Waals surface area contributed by atoms with E-state index in [1.807, 2.05) is 0 Å². The molecule has 152 valence electrons. The van der Waals surface area contributed by atoms with Crippen LogP contribution in [0.5, 0.6) is 11.5 Å². The summed E-state index contributed by atoms with van der Waals surface area (Å²) in [5.41, 5.74) is 0.112. The van der Waals surface area contributed by atoms with Crippen molar-refractivity contribution < 1.29 is 27.2 Å². The summed E-state index contributed by atoms with van der Waals surface area (Å²) in [4.78, 5) is 14.3. The standard InChI is InChI=1S/C18H21FN2O6S/c1-4-27-18-8-12(5-6-17(18)26-2)13(11-28(3,24)25)7-15-16(21(22)23)9-14(19)10-20-15/h5-6,8-10,13H,4,7,11H2,1-3H3/t13-/m1/s1. The third-order valence-corrected chi connectivity index (χ3v) is 5.02. The van der Waals surface area contributed by atoms with Crippen LogP contribution in [0, 0.1) is 15.9 Å². The normalized spacial score (nSPS) is 12.4. The lowest BCUT2D eigenvalue weighted by atomic mass is 9.94. The highest BCUT2D eigenvalue weighted by atomic mass is 32.2. The molecule has 1 atom stereocenters. The first-order chi connectivity index (χ1) is 13.1. The number of nitro groups is 1. The Morgan fingerprint density at radius 3 is 2.57 bits per heavy atom. The second-order valence-corrected chi connectivity index (χ2v) is 8.40. The van der Waals surface area contributed by atoms with Crippen LogP contribution in [0.3, 0.4) is 0 Å². The predicted molar refractivity (Wildman–Crippen MR) is 101 cm³/mol. The molecule has 0 saturated heterocycles. The van der Waals surface area contributed by atoms with Gasteiger partial charge in [-0.25, -0.2) is 12.8 Å². The predicted octanol–water partition coefficient (Wildman–Crippen LogP) is 2.91. The molecule has 0 saturated carbocycles. The van der Waals surface area contributed by atoms with E-state index >= 15 is 0 Å². The smallest absolute Gasteiger partial charge is 0.293 e. The molecular formula is C18H21FN2O6S. The van der Waals surface area contributed by atoms with E-state index in [9.17, 15) is 22.9 Å². The van der Waals surface area contributed by atoms with Crippen LogP contribution < -0.4 is 9.47 Å². The van der Waals surface area contributed by atoms with Crippen LogP contribution in [0.4, 0.5) is 10.1 Å². The van der Waals surface area contributed by atoms with E-state index in [0.29, 0.717) is 23.7 Å². The Morgan fingerprint density at radius 2 is 2.00 bits per heavy atom. The molecule has 1 heterocycles. The average molecular weight is 412 g/mol. The Hall–Kier alpha value is -2.75. The van der Waals surface area contributed by atoms with Crippen molar-refractivity contribution in [1.82, 2.24) is 4.98 Å². The summed E-state index contributed by atoms with van der Waals surface area (Å²) in [7, 11) is -1.93. The maximum atomic E-state index is 13.4. The Balaban J connectivity index is 2.50. The van der Waals surface area contributed by atoms with Crippen molar-refractivity contribution in [3.8, 4) is 11.5 Å². The third kappa shape index (κ3) is 5.62. The zero-order valence-corrected chi connectivity index (χ0v) is 16.5. The van der Waals surface area contributed by atoms with Crippen molar-refractivity contribution in [3.05, 3.63) is 57.7 Å². The molecule has 0 aliphatic heterocycles. The monoisotopic (exact) mass is 412 g/mol. The van der Waals surface area contributed by atoms with Gasteiger partial charge in [0.05, 0.1) is 36.7 Å². The molecule has 2 rings (SSSR count). The Kier molecular flexibility index (Phi) is 6.90. The maximum Gasteiger partial charge on any atom is 0.293 e. The van der Waals surface area contributed by atoms with E-state index in [0.717, 1.165) is 18.5 Å². The van der Waals surface area contributed by atoms with Gasteiger partial charge >= 0.3 is 0 Å². The number of halogens is 1. The fourth-order valence-electron chi connectivity index (χ4n) is 2.86. The van der Waals surface area contributed by atoms with Crippen molar-refractivity contribution in [2.24, 2.45) is 0 Å². The second-order valence-electron chi connectivity index (χ2n) is 6.21. The summed E-state index contributed by atoms with van der Waals surface area (Å²) in [6, 6.07) is 5.74. The highest BCUT2D eigenvalue weighted by Crippen LogP contribution is 2.34. The summed E-state index contributed by atoms with van der Waals surface area (Å²) < 4.78 is 48.0. The first-order valence-corrected chi connectivity index (χ1v) is 10.5. The number of aromatic nitrogens is 1. The molecular weight excluding hydrogens is 391 g/mol. The lowest BCUT2D eigenvalue weighted by Gasteiger charge is -2.18. The van der Waals surface area contributed by atoms with Crippen LogP contribution in [-0.2, 0) is 16.3 Å². The van der Waals surface area contributed by atoms with E-state index in [1.54, 1.807) is 25.1 Å². The number of rotatable bonds is 9. The zero-order chi connectivity index (χ0) is 20.9. The number of methoxy groups -OCH3 is 1. The molecule has 0 aliphatic rings. The quantitative estimate of drug-likeness (QED) is 0.460. The van der Waals surface area contributed by atoms with Gasteiger partial charge in [-0.05, 0) is 24.6 Å². The maximum absolute atomic E-state index is 13.4. The van der Waals surface area contributed by atoms with Crippen molar-refractivity contribution in [3.63, 3.8) is 0 Å². The minimum absolute atomic E-state index is 0.00817. The molecule has 0 spiro atoms. The molecule has 0 aliphatic carbocycles. The summed E-state index contributed by atoms with van der Waals surface area (Å²) >= 11 is 0. The van der Waals surface area contributed by atoms with Gasteiger partial charge in [-0.15, -0.1) is 0 Å². The minimum Gasteiger partial charge on any atom is -0.493 e.